The van der Waals surface area contributed by atoms with Crippen molar-refractivity contribution in [2.45, 2.75) is 52.6 Å². The second-order valence-electron chi connectivity index (χ2n) is 10.9. The van der Waals surface area contributed by atoms with Crippen molar-refractivity contribution < 1.29 is 13.6 Å². The number of benzene rings is 1. The van der Waals surface area contributed by atoms with Gasteiger partial charge in [0.1, 0.15) is 22.9 Å². The Kier molecular flexibility index (Phi) is 6.69. The van der Waals surface area contributed by atoms with Crippen LogP contribution in [-0.2, 0) is 0 Å². The number of carbonyl (C=O) groups is 1. The number of amides is 1. The molecule has 6 rings (SSSR count). The van der Waals surface area contributed by atoms with E-state index < -0.39 is 11.6 Å². The number of carbonyl (C=O) groups excluding carboxylic acids is 1. The SMILES string of the molecule is Cc1nc(Nc2ncc(F)c(-c3cc(F)c4nc(C)n(C(C)C)c4c3)n2)ccc1C(=O)N1CCC2NCCC2C1. The molecule has 208 valence electrons. The van der Waals surface area contributed by atoms with Crippen LogP contribution in [-0.4, -0.2) is 61.0 Å². The van der Waals surface area contributed by atoms with Gasteiger partial charge in [-0.15, -0.1) is 0 Å². The molecule has 2 aliphatic rings. The molecule has 0 spiro atoms. The molecular formula is C29H32F2N8O. The number of nitrogens with zero attached hydrogens (tertiary/aromatic N) is 6. The highest BCUT2D eigenvalue weighted by molar-refractivity contribution is 5.95. The standard InChI is InChI=1S/C29H32F2N8O/c1-15(2)39-17(4)35-27-21(30)11-19(12-24(27)39)26-22(31)13-33-29(37-26)36-25-6-5-20(16(3)34-25)28(40)38-10-8-23-18(14-38)7-9-32-23/h5-6,11-13,15,18,23,32H,7-10,14H2,1-4H3,(H,33,34,36,37). The molecule has 3 aromatic heterocycles. The lowest BCUT2D eigenvalue weighted by Crippen LogP contribution is -2.47. The van der Waals surface area contributed by atoms with Gasteiger partial charge in [0.25, 0.3) is 5.91 Å². The molecule has 9 nitrogen and oxygen atoms in total. The van der Waals surface area contributed by atoms with Crippen LogP contribution in [0.4, 0.5) is 20.5 Å². The molecule has 2 unspecified atom stereocenters. The normalized spacial score (nSPS) is 18.9. The topological polar surface area (TPSA) is 101 Å². The van der Waals surface area contributed by atoms with Crippen LogP contribution in [0, 0.1) is 31.4 Å². The van der Waals surface area contributed by atoms with Crippen LogP contribution in [0.25, 0.3) is 22.3 Å². The van der Waals surface area contributed by atoms with Gasteiger partial charge in [-0.25, -0.2) is 28.7 Å². The molecule has 2 atom stereocenters. The van der Waals surface area contributed by atoms with Gasteiger partial charge in [-0.3, -0.25) is 4.79 Å². The molecule has 1 amide bonds. The fourth-order valence-electron chi connectivity index (χ4n) is 6.06. The Morgan fingerprint density at radius 1 is 1.10 bits per heavy atom. The van der Waals surface area contributed by atoms with Gasteiger partial charge in [-0.05, 0) is 77.3 Å². The zero-order chi connectivity index (χ0) is 28.1. The monoisotopic (exact) mass is 546 g/mol. The Balaban J connectivity index is 1.25. The molecule has 40 heavy (non-hydrogen) atoms. The predicted molar refractivity (Wildman–Crippen MR) is 148 cm³/mol. The molecule has 2 fully saturated rings. The van der Waals surface area contributed by atoms with Crippen LogP contribution >= 0.6 is 0 Å². The third kappa shape index (κ3) is 4.68. The van der Waals surface area contributed by atoms with Crippen LogP contribution in [0.2, 0.25) is 0 Å². The molecular weight excluding hydrogens is 514 g/mol. The summed E-state index contributed by atoms with van der Waals surface area (Å²) in [5.74, 6) is 0.454. The number of anilines is 2. The van der Waals surface area contributed by atoms with Crippen LogP contribution < -0.4 is 10.6 Å². The van der Waals surface area contributed by atoms with Gasteiger partial charge in [0.05, 0.1) is 23.0 Å². The maximum absolute atomic E-state index is 15.0. The summed E-state index contributed by atoms with van der Waals surface area (Å²) < 4.78 is 31.8. The van der Waals surface area contributed by atoms with E-state index in [1.54, 1.807) is 25.1 Å². The van der Waals surface area contributed by atoms with E-state index in [1.807, 2.05) is 30.2 Å². The van der Waals surface area contributed by atoms with Gasteiger partial charge in [0.15, 0.2) is 11.6 Å². The lowest BCUT2D eigenvalue weighted by Gasteiger charge is -2.35. The molecule has 0 radical (unpaired) electrons. The van der Waals surface area contributed by atoms with Crippen molar-refractivity contribution in [2.75, 3.05) is 25.0 Å². The maximum atomic E-state index is 15.0. The van der Waals surface area contributed by atoms with Crippen LogP contribution in [0.5, 0.6) is 0 Å². The summed E-state index contributed by atoms with van der Waals surface area (Å²) in [6.45, 7) is 10.1. The lowest BCUT2D eigenvalue weighted by atomic mass is 9.93. The fourth-order valence-corrected chi connectivity index (χ4v) is 6.06. The molecule has 5 heterocycles. The molecule has 2 saturated heterocycles. The van der Waals surface area contributed by atoms with Crippen LogP contribution in [0.1, 0.15) is 54.6 Å². The Labute approximate surface area is 231 Å². The summed E-state index contributed by atoms with van der Waals surface area (Å²) in [7, 11) is 0. The van der Waals surface area contributed by atoms with E-state index in [0.717, 1.165) is 38.7 Å². The Bertz CT molecular complexity index is 1620. The first-order valence-electron chi connectivity index (χ1n) is 13.7. The minimum atomic E-state index is -0.678. The van der Waals surface area contributed by atoms with Gasteiger partial charge >= 0.3 is 0 Å². The number of aryl methyl sites for hydroxylation is 2. The number of aromatic nitrogens is 5. The van der Waals surface area contributed by atoms with Gasteiger partial charge in [0, 0.05) is 30.7 Å². The van der Waals surface area contributed by atoms with Crippen molar-refractivity contribution in [3.8, 4) is 11.3 Å². The highest BCUT2D eigenvalue weighted by Gasteiger charge is 2.35. The van der Waals surface area contributed by atoms with E-state index in [2.05, 4.69) is 30.6 Å². The summed E-state index contributed by atoms with van der Waals surface area (Å²) in [5, 5.41) is 6.52. The van der Waals surface area contributed by atoms with E-state index >= 15 is 4.39 Å². The first-order chi connectivity index (χ1) is 19.2. The zero-order valence-corrected chi connectivity index (χ0v) is 23.0. The number of imidazole rings is 1. The number of rotatable bonds is 5. The smallest absolute Gasteiger partial charge is 0.255 e. The van der Waals surface area contributed by atoms with Crippen molar-refractivity contribution in [2.24, 2.45) is 5.92 Å². The number of fused-ring (bicyclic) bond motifs is 2. The molecule has 0 bridgehead atoms. The van der Waals surface area contributed by atoms with Gasteiger partial charge in [0.2, 0.25) is 5.95 Å². The van der Waals surface area contributed by atoms with Crippen LogP contribution in [0.15, 0.2) is 30.5 Å². The summed E-state index contributed by atoms with van der Waals surface area (Å²) in [6.07, 6.45) is 3.10. The van der Waals surface area contributed by atoms with E-state index in [-0.39, 0.29) is 34.7 Å². The Hall–Kier alpha value is -3.99. The maximum Gasteiger partial charge on any atom is 0.255 e. The minimum Gasteiger partial charge on any atom is -0.338 e. The van der Waals surface area contributed by atoms with Gasteiger partial charge in [-0.1, -0.05) is 0 Å². The summed E-state index contributed by atoms with van der Waals surface area (Å²) in [4.78, 5) is 32.5. The molecule has 0 saturated carbocycles. The average Bonchev–Trinajstić information content (AvgIpc) is 3.53. The molecule has 2 N–H and O–H groups in total. The minimum absolute atomic E-state index is 0.0180. The number of pyridine rings is 1. The molecule has 1 aromatic carbocycles. The van der Waals surface area contributed by atoms with E-state index in [1.165, 1.54) is 6.07 Å². The third-order valence-corrected chi connectivity index (χ3v) is 7.96. The van der Waals surface area contributed by atoms with Gasteiger partial charge in [-0.2, -0.15) is 0 Å². The summed E-state index contributed by atoms with van der Waals surface area (Å²) in [6, 6.07) is 6.92. The van der Waals surface area contributed by atoms with E-state index in [9.17, 15) is 9.18 Å². The number of hydrogen-bond donors (Lipinski definition) is 2. The average molecular weight is 547 g/mol. The molecule has 0 aliphatic carbocycles. The first kappa shape index (κ1) is 26.2. The second kappa shape index (κ2) is 10.2. The summed E-state index contributed by atoms with van der Waals surface area (Å²) in [5.41, 5.74) is 2.18. The predicted octanol–water partition coefficient (Wildman–Crippen LogP) is 4.93. The highest BCUT2D eigenvalue weighted by atomic mass is 19.1. The number of nitrogens with one attached hydrogen (secondary N) is 2. The quantitative estimate of drug-likeness (QED) is 0.366. The second-order valence-corrected chi connectivity index (χ2v) is 10.9. The van der Waals surface area contributed by atoms with Crippen molar-refractivity contribution in [1.82, 2.24) is 34.7 Å². The fraction of sp³-hybridized carbons (Fsp3) is 0.414. The first-order valence-corrected chi connectivity index (χ1v) is 13.7. The highest BCUT2D eigenvalue weighted by Crippen LogP contribution is 2.31. The molecule has 11 heteroatoms. The Morgan fingerprint density at radius 3 is 2.70 bits per heavy atom. The number of likely N-dealkylation sites (tertiary alicyclic amines) is 1. The molecule has 2 aliphatic heterocycles. The third-order valence-electron chi connectivity index (χ3n) is 7.96. The Morgan fingerprint density at radius 2 is 1.93 bits per heavy atom. The van der Waals surface area contributed by atoms with Gasteiger partial charge < -0.3 is 20.1 Å². The van der Waals surface area contributed by atoms with Crippen molar-refractivity contribution in [1.29, 1.82) is 0 Å². The number of hydrogen-bond acceptors (Lipinski definition) is 7. The number of piperidine rings is 1. The van der Waals surface area contributed by atoms with Crippen LogP contribution in [0.3, 0.4) is 0 Å². The summed E-state index contributed by atoms with van der Waals surface area (Å²) >= 11 is 0. The van der Waals surface area contributed by atoms with Crippen molar-refractivity contribution in [3.05, 3.63) is 59.2 Å². The van der Waals surface area contributed by atoms with E-state index in [0.29, 0.717) is 40.4 Å². The van der Waals surface area contributed by atoms with Crippen molar-refractivity contribution >= 4 is 28.7 Å². The number of halogens is 2. The molecule has 4 aromatic rings. The lowest BCUT2D eigenvalue weighted by molar-refractivity contribution is 0.0661. The van der Waals surface area contributed by atoms with Crippen molar-refractivity contribution in [3.63, 3.8) is 0 Å². The zero-order valence-electron chi connectivity index (χ0n) is 23.0. The van der Waals surface area contributed by atoms with E-state index in [4.69, 9.17) is 0 Å². The largest absolute Gasteiger partial charge is 0.338 e.